The maximum Gasteiger partial charge on any atom is 0.188 e. The Balaban J connectivity index is 1.13. The molecular weight excluding hydrogens is 611 g/mol. The number of fused-ring (bicyclic) bond motifs is 6. The number of rotatable bonds is 4. The molecule has 230 valence electrons. The van der Waals surface area contributed by atoms with Gasteiger partial charge in [-0.1, -0.05) is 91.0 Å². The van der Waals surface area contributed by atoms with Crippen molar-refractivity contribution in [1.82, 2.24) is 9.13 Å². The summed E-state index contributed by atoms with van der Waals surface area (Å²) in [6.07, 6.45) is 0. The van der Waals surface area contributed by atoms with Crippen molar-refractivity contribution in [2.75, 3.05) is 0 Å². The van der Waals surface area contributed by atoms with E-state index in [4.69, 9.17) is 6.57 Å². The molecule has 2 heterocycles. The molecule has 9 aromatic rings. The van der Waals surface area contributed by atoms with E-state index in [9.17, 15) is 10.5 Å². The molecule has 2 aromatic heterocycles. The Morgan fingerprint density at radius 2 is 1.04 bits per heavy atom. The third-order valence-electron chi connectivity index (χ3n) is 9.62. The molecular formula is C45H25N5. The van der Waals surface area contributed by atoms with Crippen LogP contribution in [0.4, 0.5) is 5.69 Å². The normalized spacial score (nSPS) is 11.1. The molecule has 7 aromatic carbocycles. The van der Waals surface area contributed by atoms with Crippen LogP contribution in [0.25, 0.3) is 82.1 Å². The van der Waals surface area contributed by atoms with Crippen LogP contribution in [0.1, 0.15) is 11.1 Å². The van der Waals surface area contributed by atoms with Gasteiger partial charge in [-0.3, -0.25) is 0 Å². The summed E-state index contributed by atoms with van der Waals surface area (Å²) >= 11 is 0. The highest BCUT2D eigenvalue weighted by Gasteiger charge is 2.18. The van der Waals surface area contributed by atoms with Crippen LogP contribution in [0, 0.1) is 29.2 Å². The average molecular weight is 636 g/mol. The Morgan fingerprint density at radius 1 is 0.460 bits per heavy atom. The van der Waals surface area contributed by atoms with E-state index in [1.165, 1.54) is 0 Å². The van der Waals surface area contributed by atoms with E-state index in [1.54, 1.807) is 0 Å². The van der Waals surface area contributed by atoms with Crippen molar-refractivity contribution in [2.45, 2.75) is 0 Å². The second kappa shape index (κ2) is 11.4. The fraction of sp³-hybridized carbons (Fsp3) is 0. The molecule has 0 spiro atoms. The highest BCUT2D eigenvalue weighted by molar-refractivity contribution is 6.11. The summed E-state index contributed by atoms with van der Waals surface area (Å²) in [4.78, 5) is 3.68. The first-order valence-electron chi connectivity index (χ1n) is 16.3. The lowest BCUT2D eigenvalue weighted by Gasteiger charge is -2.15. The predicted molar refractivity (Wildman–Crippen MR) is 202 cm³/mol. The third-order valence-corrected chi connectivity index (χ3v) is 9.62. The fourth-order valence-electron chi connectivity index (χ4n) is 7.35. The molecule has 0 amide bonds. The van der Waals surface area contributed by atoms with Crippen LogP contribution in [-0.2, 0) is 0 Å². The van der Waals surface area contributed by atoms with Crippen molar-refractivity contribution >= 4 is 49.3 Å². The van der Waals surface area contributed by atoms with Crippen LogP contribution < -0.4 is 0 Å². The van der Waals surface area contributed by atoms with E-state index >= 15 is 0 Å². The van der Waals surface area contributed by atoms with Gasteiger partial charge in [0.1, 0.15) is 6.07 Å². The molecule has 0 N–H and O–H groups in total. The van der Waals surface area contributed by atoms with Crippen molar-refractivity contribution in [3.8, 4) is 45.8 Å². The molecule has 0 bridgehead atoms. The molecule has 5 heteroatoms. The molecule has 0 aliphatic carbocycles. The van der Waals surface area contributed by atoms with Gasteiger partial charge in [-0.2, -0.15) is 10.5 Å². The van der Waals surface area contributed by atoms with Crippen molar-refractivity contribution in [2.24, 2.45) is 0 Å². The summed E-state index contributed by atoms with van der Waals surface area (Å²) < 4.78 is 4.40. The molecule has 9 rings (SSSR count). The van der Waals surface area contributed by atoms with Gasteiger partial charge in [-0.15, -0.1) is 0 Å². The number of para-hydroxylation sites is 3. The lowest BCUT2D eigenvalue weighted by Crippen LogP contribution is -1.98. The van der Waals surface area contributed by atoms with E-state index in [0.717, 1.165) is 77.2 Å². The van der Waals surface area contributed by atoms with Gasteiger partial charge >= 0.3 is 0 Å². The zero-order chi connectivity index (χ0) is 33.8. The van der Waals surface area contributed by atoms with Gasteiger partial charge in [0, 0.05) is 21.7 Å². The van der Waals surface area contributed by atoms with Crippen LogP contribution in [-0.4, -0.2) is 9.13 Å². The Bertz CT molecular complexity index is 2960. The minimum absolute atomic E-state index is 0.566. The molecule has 0 aliphatic rings. The number of nitriles is 2. The lowest BCUT2D eigenvalue weighted by atomic mass is 9.97. The van der Waals surface area contributed by atoms with Gasteiger partial charge < -0.3 is 9.13 Å². The summed E-state index contributed by atoms with van der Waals surface area (Å²) in [5, 5.41) is 24.1. The first-order valence-corrected chi connectivity index (χ1v) is 16.3. The summed E-state index contributed by atoms with van der Waals surface area (Å²) in [7, 11) is 0. The Kier molecular flexibility index (Phi) is 6.56. The van der Waals surface area contributed by atoms with Crippen LogP contribution in [0.3, 0.4) is 0 Å². The summed E-state index contributed by atoms with van der Waals surface area (Å²) in [5.41, 5.74) is 11.9. The van der Waals surface area contributed by atoms with Gasteiger partial charge in [-0.25, -0.2) is 4.85 Å². The average Bonchev–Trinajstić information content (AvgIpc) is 3.69. The second-order valence-electron chi connectivity index (χ2n) is 12.3. The molecule has 0 saturated heterocycles. The highest BCUT2D eigenvalue weighted by Crippen LogP contribution is 2.39. The van der Waals surface area contributed by atoms with Crippen molar-refractivity contribution < 1.29 is 0 Å². The molecule has 0 aliphatic heterocycles. The molecule has 0 saturated carbocycles. The Morgan fingerprint density at radius 3 is 1.74 bits per heavy atom. The minimum Gasteiger partial charge on any atom is -0.309 e. The molecule has 0 unspecified atom stereocenters. The number of hydrogen-bond donors (Lipinski definition) is 0. The Hall–Kier alpha value is -7.39. The van der Waals surface area contributed by atoms with Crippen LogP contribution >= 0.6 is 0 Å². The molecule has 50 heavy (non-hydrogen) atoms. The molecule has 5 nitrogen and oxygen atoms in total. The molecule has 0 radical (unpaired) electrons. The van der Waals surface area contributed by atoms with Crippen LogP contribution in [0.2, 0.25) is 0 Å². The number of hydrogen-bond acceptors (Lipinski definition) is 2. The zero-order valence-electron chi connectivity index (χ0n) is 26.7. The topological polar surface area (TPSA) is 61.8 Å². The first-order chi connectivity index (χ1) is 24.7. The first kappa shape index (κ1) is 28.8. The second-order valence-corrected chi connectivity index (χ2v) is 12.3. The standard InChI is InChI=1S/C45H25N5/c1-48-34-20-23-45-39(26-34)37-10-4-7-13-43(37)50(45)41-11-5-2-8-35(41)31-17-15-30(16-18-31)32-19-22-40(33(25-32)28-47)49-42-12-6-3-9-36(42)38-24-29(27-46)14-21-44(38)49/h2-26H. The number of aromatic nitrogens is 2. The summed E-state index contributed by atoms with van der Waals surface area (Å²) in [6.45, 7) is 7.55. The molecule has 0 atom stereocenters. The zero-order valence-corrected chi connectivity index (χ0v) is 26.7. The maximum absolute atomic E-state index is 10.4. The Labute approximate surface area is 288 Å². The van der Waals surface area contributed by atoms with E-state index in [1.807, 2.05) is 66.7 Å². The van der Waals surface area contributed by atoms with Gasteiger partial charge in [0.05, 0.1) is 57.2 Å². The van der Waals surface area contributed by atoms with Gasteiger partial charge in [-0.05, 0) is 82.7 Å². The number of benzene rings is 7. The van der Waals surface area contributed by atoms with Crippen molar-refractivity contribution in [3.05, 3.63) is 174 Å². The largest absolute Gasteiger partial charge is 0.309 e. The fourth-order valence-corrected chi connectivity index (χ4v) is 7.35. The lowest BCUT2D eigenvalue weighted by molar-refractivity contribution is 1.17. The summed E-state index contributed by atoms with van der Waals surface area (Å²) in [5.74, 6) is 0. The minimum atomic E-state index is 0.566. The third kappa shape index (κ3) is 4.38. The predicted octanol–water partition coefficient (Wildman–Crippen LogP) is 11.5. The van der Waals surface area contributed by atoms with Crippen LogP contribution in [0.15, 0.2) is 152 Å². The van der Waals surface area contributed by atoms with Gasteiger partial charge in [0.15, 0.2) is 5.69 Å². The molecule has 0 fully saturated rings. The SMILES string of the molecule is [C-]#[N+]c1ccc2c(c1)c1ccccc1n2-c1ccccc1-c1ccc(-c2ccc(-n3c4ccccc4c4cc(C#N)ccc43)c(C#N)c2)cc1. The number of nitrogens with zero attached hydrogens (tertiary/aromatic N) is 5. The van der Waals surface area contributed by atoms with Gasteiger partial charge in [0.25, 0.3) is 0 Å². The monoisotopic (exact) mass is 635 g/mol. The van der Waals surface area contributed by atoms with Crippen molar-refractivity contribution in [3.63, 3.8) is 0 Å². The van der Waals surface area contributed by atoms with E-state index in [2.05, 4.69) is 111 Å². The maximum atomic E-state index is 10.4. The van der Waals surface area contributed by atoms with Crippen molar-refractivity contribution in [1.29, 1.82) is 10.5 Å². The van der Waals surface area contributed by atoms with E-state index in [0.29, 0.717) is 16.8 Å². The van der Waals surface area contributed by atoms with Crippen LogP contribution in [0.5, 0.6) is 0 Å². The summed E-state index contributed by atoms with van der Waals surface area (Å²) in [6, 6.07) is 55.7. The highest BCUT2D eigenvalue weighted by atomic mass is 15.0. The van der Waals surface area contributed by atoms with E-state index < -0.39 is 0 Å². The smallest absolute Gasteiger partial charge is 0.188 e. The van der Waals surface area contributed by atoms with Gasteiger partial charge in [0.2, 0.25) is 0 Å². The quantitative estimate of drug-likeness (QED) is 0.181. The van der Waals surface area contributed by atoms with E-state index in [-0.39, 0.29) is 0 Å².